The lowest BCUT2D eigenvalue weighted by Crippen LogP contribution is -2.39. The van der Waals surface area contributed by atoms with Crippen LogP contribution in [0.2, 0.25) is 0 Å². The summed E-state index contributed by atoms with van der Waals surface area (Å²) >= 11 is 0. The van der Waals surface area contributed by atoms with Gasteiger partial charge in [0.2, 0.25) is 10.0 Å². The first-order valence-corrected chi connectivity index (χ1v) is 12.9. The molecule has 14 nitrogen and oxygen atoms in total. The van der Waals surface area contributed by atoms with Crippen molar-refractivity contribution in [3.05, 3.63) is 59.5 Å². The van der Waals surface area contributed by atoms with Crippen molar-refractivity contribution in [3.63, 3.8) is 0 Å². The Hall–Kier alpha value is -3.47. The molecule has 1 aromatic carbocycles. The number of imidazole rings is 1. The number of amides is 1. The molecule has 5 rings (SSSR count). The Morgan fingerprint density at radius 1 is 1.22 bits per heavy atom. The number of sulfonamides is 1. The number of nitrogens with zero attached hydrogens (tertiary/aromatic N) is 4. The first kappa shape index (κ1) is 25.2. The molecule has 1 amide bonds. The fourth-order valence-electron chi connectivity index (χ4n) is 4.48. The minimum Gasteiger partial charge on any atom is -0.387 e. The molecule has 0 bridgehead atoms. The van der Waals surface area contributed by atoms with E-state index in [2.05, 4.69) is 25.0 Å². The topological polar surface area (TPSA) is 215 Å². The molecule has 5 atom stereocenters. The Bertz CT molecular complexity index is 1480. The van der Waals surface area contributed by atoms with Crippen molar-refractivity contribution in [2.45, 2.75) is 43.1 Å². The monoisotopic (exact) mass is 531 g/mol. The minimum absolute atomic E-state index is 0.0625. The van der Waals surface area contributed by atoms with Gasteiger partial charge >= 0.3 is 0 Å². The van der Waals surface area contributed by atoms with E-state index < -0.39 is 46.2 Å². The second-order valence-corrected chi connectivity index (χ2v) is 10.4. The molecular weight excluding hydrogens is 506 g/mol. The van der Waals surface area contributed by atoms with Crippen molar-refractivity contribution in [2.24, 2.45) is 0 Å². The van der Waals surface area contributed by atoms with Crippen LogP contribution in [0.15, 0.2) is 48.4 Å². The highest BCUT2D eigenvalue weighted by molar-refractivity contribution is 7.92. The van der Waals surface area contributed by atoms with Crippen LogP contribution in [-0.4, -0.2) is 74.0 Å². The smallest absolute Gasteiger partial charge is 0.254 e. The van der Waals surface area contributed by atoms with Crippen molar-refractivity contribution >= 4 is 32.9 Å². The van der Waals surface area contributed by atoms with E-state index in [1.54, 1.807) is 24.3 Å². The predicted octanol–water partition coefficient (Wildman–Crippen LogP) is -1.17. The summed E-state index contributed by atoms with van der Waals surface area (Å²) in [6.07, 6.45) is -0.804. The normalized spacial score (nSPS) is 27.7. The Morgan fingerprint density at radius 2 is 2.00 bits per heavy atom. The van der Waals surface area contributed by atoms with Gasteiger partial charge in [-0.3, -0.25) is 9.36 Å². The molecule has 3 aromatic rings. The van der Waals surface area contributed by atoms with E-state index in [4.69, 9.17) is 10.5 Å². The summed E-state index contributed by atoms with van der Waals surface area (Å²) in [5, 5.41) is 35.2. The van der Waals surface area contributed by atoms with E-state index in [0.29, 0.717) is 16.6 Å². The van der Waals surface area contributed by atoms with E-state index in [0.717, 1.165) is 5.41 Å². The Balaban J connectivity index is 1.18. The molecule has 4 heterocycles. The third-order valence-electron chi connectivity index (χ3n) is 6.37. The van der Waals surface area contributed by atoms with Crippen LogP contribution in [0.3, 0.4) is 0 Å². The number of aliphatic hydroxyl groups excluding tert-OH is 2. The second-order valence-electron chi connectivity index (χ2n) is 8.79. The van der Waals surface area contributed by atoms with Gasteiger partial charge in [0.05, 0.1) is 6.33 Å². The molecule has 2 aliphatic rings. The number of carbonyl (C=O) groups excluding carboxylic acids is 1. The molecule has 0 saturated carbocycles. The molecular formula is C22H25N7O7S. The summed E-state index contributed by atoms with van der Waals surface area (Å²) in [4.78, 5) is 24.1. The largest absolute Gasteiger partial charge is 0.387 e. The lowest BCUT2D eigenvalue weighted by molar-refractivity contribution is -0.0329. The number of aromatic nitrogens is 4. The summed E-state index contributed by atoms with van der Waals surface area (Å²) in [7, 11) is -3.94. The van der Waals surface area contributed by atoms with Crippen LogP contribution in [0, 0.1) is 0 Å². The lowest BCUT2D eigenvalue weighted by atomic mass is 9.97. The number of nitrogen functional groups attached to an aromatic ring is 1. The van der Waals surface area contributed by atoms with Gasteiger partial charge in [-0.15, -0.1) is 0 Å². The first-order chi connectivity index (χ1) is 17.6. The fourth-order valence-corrected chi connectivity index (χ4v) is 5.36. The van der Waals surface area contributed by atoms with Gasteiger partial charge in [-0.05, 0) is 12.5 Å². The number of aliphatic hydroxyl groups is 3. The Morgan fingerprint density at radius 3 is 2.81 bits per heavy atom. The SMILES string of the molecule is Nc1ncnc2c1ncn2[C@@H]1O[C@H](CNS(=O)(=O)/C=C/CCC2(O)NC(=O)c3ccccc32)[C@@H](O)[C@H]1O. The van der Waals surface area contributed by atoms with Crippen molar-refractivity contribution in [1.82, 2.24) is 29.6 Å². The minimum atomic E-state index is -3.94. The maximum Gasteiger partial charge on any atom is 0.254 e. The van der Waals surface area contributed by atoms with Crippen molar-refractivity contribution in [1.29, 1.82) is 0 Å². The molecule has 0 aliphatic carbocycles. The molecule has 1 unspecified atom stereocenters. The van der Waals surface area contributed by atoms with Crippen LogP contribution >= 0.6 is 0 Å². The summed E-state index contributed by atoms with van der Waals surface area (Å²) in [6.45, 7) is -0.321. The van der Waals surface area contributed by atoms with Gasteiger partial charge in [0, 0.05) is 29.5 Å². The number of rotatable bonds is 8. The van der Waals surface area contributed by atoms with Gasteiger partial charge in [0.25, 0.3) is 5.91 Å². The molecule has 2 aromatic heterocycles. The quantitative estimate of drug-likeness (QED) is 0.204. The van der Waals surface area contributed by atoms with E-state index in [1.165, 1.54) is 23.3 Å². The van der Waals surface area contributed by atoms with Crippen LogP contribution in [-0.2, 0) is 20.5 Å². The van der Waals surface area contributed by atoms with E-state index in [1.807, 2.05) is 0 Å². The number of carbonyl (C=O) groups is 1. The number of allylic oxidation sites excluding steroid dienone is 1. The Labute approximate surface area is 210 Å². The number of anilines is 1. The number of fused-ring (bicyclic) bond motifs is 2. The molecule has 37 heavy (non-hydrogen) atoms. The van der Waals surface area contributed by atoms with Gasteiger partial charge < -0.3 is 31.1 Å². The van der Waals surface area contributed by atoms with Gasteiger partial charge in [-0.1, -0.05) is 24.3 Å². The summed E-state index contributed by atoms with van der Waals surface area (Å²) in [6, 6.07) is 6.63. The highest BCUT2D eigenvalue weighted by Crippen LogP contribution is 2.33. The van der Waals surface area contributed by atoms with E-state index in [-0.39, 0.29) is 30.9 Å². The highest BCUT2D eigenvalue weighted by Gasteiger charge is 2.44. The average Bonchev–Trinajstić information content (AvgIpc) is 3.50. The zero-order valence-electron chi connectivity index (χ0n) is 19.3. The van der Waals surface area contributed by atoms with Crippen LogP contribution in [0.1, 0.15) is 35.0 Å². The van der Waals surface area contributed by atoms with Gasteiger partial charge in [0.15, 0.2) is 23.4 Å². The Kier molecular flexibility index (Phi) is 6.43. The summed E-state index contributed by atoms with van der Waals surface area (Å²) in [5.74, 6) is -0.258. The summed E-state index contributed by atoms with van der Waals surface area (Å²) < 4.78 is 34.3. The van der Waals surface area contributed by atoms with Crippen LogP contribution in [0.25, 0.3) is 11.2 Å². The van der Waals surface area contributed by atoms with Crippen LogP contribution in [0.5, 0.6) is 0 Å². The number of benzene rings is 1. The lowest BCUT2D eigenvalue weighted by Gasteiger charge is -2.23. The number of hydrogen-bond acceptors (Lipinski definition) is 11. The third-order valence-corrected chi connectivity index (χ3v) is 7.49. The van der Waals surface area contributed by atoms with Crippen molar-refractivity contribution in [3.8, 4) is 0 Å². The fraction of sp³-hybridized carbons (Fsp3) is 0.364. The molecule has 0 radical (unpaired) electrons. The zero-order valence-corrected chi connectivity index (χ0v) is 20.1. The van der Waals surface area contributed by atoms with Crippen LogP contribution in [0.4, 0.5) is 5.82 Å². The number of nitrogens with two attached hydrogens (primary N) is 1. The van der Waals surface area contributed by atoms with Crippen molar-refractivity contribution in [2.75, 3.05) is 12.3 Å². The first-order valence-electron chi connectivity index (χ1n) is 11.3. The molecule has 196 valence electrons. The molecule has 15 heteroatoms. The maximum absolute atomic E-state index is 12.4. The molecule has 2 aliphatic heterocycles. The molecule has 7 N–H and O–H groups in total. The van der Waals surface area contributed by atoms with Gasteiger partial charge in [-0.2, -0.15) is 0 Å². The van der Waals surface area contributed by atoms with Crippen molar-refractivity contribution < 1.29 is 33.3 Å². The number of nitrogens with one attached hydrogen (secondary N) is 2. The van der Waals surface area contributed by atoms with E-state index in [9.17, 15) is 28.5 Å². The van der Waals surface area contributed by atoms with E-state index >= 15 is 0 Å². The number of ether oxygens (including phenoxy) is 1. The number of hydrogen-bond donors (Lipinski definition) is 6. The van der Waals surface area contributed by atoms with Gasteiger partial charge in [0.1, 0.15) is 30.2 Å². The average molecular weight is 532 g/mol. The maximum atomic E-state index is 12.4. The third kappa shape index (κ3) is 4.68. The molecule has 1 fully saturated rings. The standard InChI is InChI=1S/C22H25N7O7S/c23-18-15-19(25-10-24-18)29(11-26-15)21-17(31)16(30)14(36-21)9-27-37(34,35)8-4-3-7-22(33)13-6-2-1-5-12(13)20(32)28-22/h1-2,4-6,8,10-11,14,16-17,21,27,30-31,33H,3,7,9H2,(H,28,32)(H2,23,24,25)/b8-4+/t14-,16-,17-,21-,22?/m1/s1. The molecule has 0 spiro atoms. The van der Waals surface area contributed by atoms with Crippen LogP contribution < -0.4 is 15.8 Å². The van der Waals surface area contributed by atoms with Gasteiger partial charge in [-0.25, -0.2) is 28.1 Å². The molecule has 1 saturated heterocycles. The highest BCUT2D eigenvalue weighted by atomic mass is 32.2. The summed E-state index contributed by atoms with van der Waals surface area (Å²) in [5.41, 5.74) is 5.59. The zero-order chi connectivity index (χ0) is 26.4. The predicted molar refractivity (Wildman–Crippen MR) is 129 cm³/mol. The second kappa shape index (κ2) is 9.44.